The fraction of sp³-hybridized carbons (Fsp3) is 0.824. The first kappa shape index (κ1) is 21.0. The van der Waals surface area contributed by atoms with E-state index in [9.17, 15) is 9.59 Å². The van der Waals surface area contributed by atoms with E-state index in [1.807, 2.05) is 6.92 Å². The van der Waals surface area contributed by atoms with E-state index in [0.717, 1.165) is 12.8 Å². The van der Waals surface area contributed by atoms with Gasteiger partial charge in [0, 0.05) is 45.8 Å². The number of nitrogens with zero attached hydrogens (tertiary/aromatic N) is 1. The van der Waals surface area contributed by atoms with Crippen LogP contribution in [0.15, 0.2) is 0 Å². The van der Waals surface area contributed by atoms with Crippen molar-refractivity contribution >= 4 is 11.9 Å². The molecule has 1 radical (unpaired) electrons. The molecule has 0 unspecified atom stereocenters. The zero-order valence-corrected chi connectivity index (χ0v) is 17.0. The van der Waals surface area contributed by atoms with Crippen LogP contribution in [-0.4, -0.2) is 49.2 Å². The fourth-order valence-electron chi connectivity index (χ4n) is 3.29. The summed E-state index contributed by atoms with van der Waals surface area (Å²) in [5.41, 5.74) is 0. The van der Waals surface area contributed by atoms with Gasteiger partial charge in [0.15, 0.2) is 6.10 Å². The first-order valence-electron chi connectivity index (χ1n) is 8.54. The maximum Gasteiger partial charge on any atom is 0.276 e. The van der Waals surface area contributed by atoms with Crippen molar-refractivity contribution in [3.63, 3.8) is 0 Å². The van der Waals surface area contributed by atoms with Gasteiger partial charge in [-0.1, -0.05) is 38.5 Å². The third-order valence-corrected chi connectivity index (χ3v) is 4.51. The standard InChI is InChI=1S/C17H28NO4.Y/c1-2-6-16(19)22-15(13-14-7-4-3-5-8-14)17(20)18-9-11-21-12-10-18;/h2,14-15H,3-13H2,1H3;/q-1;/t15-;/m1./s1. The van der Waals surface area contributed by atoms with Crippen molar-refractivity contribution in [2.45, 2.75) is 58.0 Å². The van der Waals surface area contributed by atoms with Crippen molar-refractivity contribution in [2.75, 3.05) is 26.3 Å². The van der Waals surface area contributed by atoms with Crippen molar-refractivity contribution in [3.8, 4) is 0 Å². The van der Waals surface area contributed by atoms with E-state index in [1.165, 1.54) is 19.3 Å². The number of ether oxygens (including phenoxy) is 2. The number of carbonyl (C=O) groups is 2. The predicted octanol–water partition coefficient (Wildman–Crippen LogP) is 2.34. The Labute approximate surface area is 164 Å². The number of carbonyl (C=O) groups excluding carboxylic acids is 2. The summed E-state index contributed by atoms with van der Waals surface area (Å²) >= 11 is 0. The monoisotopic (exact) mass is 399 g/mol. The summed E-state index contributed by atoms with van der Waals surface area (Å²) in [6, 6.07) is 0. The molecule has 1 saturated carbocycles. The first-order chi connectivity index (χ1) is 10.7. The van der Waals surface area contributed by atoms with E-state index in [1.54, 1.807) is 11.3 Å². The van der Waals surface area contributed by atoms with Crippen molar-refractivity contribution in [3.05, 3.63) is 6.42 Å². The van der Waals surface area contributed by atoms with E-state index >= 15 is 0 Å². The Morgan fingerprint density at radius 1 is 1.22 bits per heavy atom. The molecule has 2 aliphatic rings. The molecule has 0 aromatic rings. The number of hydrogen-bond donors (Lipinski definition) is 0. The summed E-state index contributed by atoms with van der Waals surface area (Å²) in [5.74, 6) is 0.158. The largest absolute Gasteiger partial charge is 0.454 e. The average Bonchev–Trinajstić information content (AvgIpc) is 2.55. The number of amides is 1. The van der Waals surface area contributed by atoms with Crippen LogP contribution in [0, 0.1) is 12.3 Å². The molecule has 1 saturated heterocycles. The van der Waals surface area contributed by atoms with Gasteiger partial charge >= 0.3 is 0 Å². The van der Waals surface area contributed by atoms with Crippen molar-refractivity contribution in [2.24, 2.45) is 5.92 Å². The van der Waals surface area contributed by atoms with E-state index in [2.05, 4.69) is 0 Å². The molecule has 1 amide bonds. The molecule has 1 heterocycles. The van der Waals surface area contributed by atoms with Crippen LogP contribution in [0.5, 0.6) is 0 Å². The molecule has 5 nitrogen and oxygen atoms in total. The van der Waals surface area contributed by atoms with Crippen LogP contribution in [0.25, 0.3) is 0 Å². The molecule has 0 aromatic carbocycles. The number of hydrogen-bond acceptors (Lipinski definition) is 4. The Morgan fingerprint density at radius 2 is 1.87 bits per heavy atom. The summed E-state index contributed by atoms with van der Waals surface area (Å²) in [6.45, 7) is 4.15. The normalized spacial score (nSPS) is 20.5. The zero-order valence-electron chi connectivity index (χ0n) is 14.2. The van der Waals surface area contributed by atoms with Gasteiger partial charge in [0.05, 0.1) is 13.2 Å². The van der Waals surface area contributed by atoms with Gasteiger partial charge in [0.25, 0.3) is 11.9 Å². The molecule has 1 aliphatic heterocycles. The summed E-state index contributed by atoms with van der Waals surface area (Å²) in [7, 11) is 0. The van der Waals surface area contributed by atoms with Gasteiger partial charge in [0.2, 0.25) is 0 Å². The van der Waals surface area contributed by atoms with Gasteiger partial charge in [-0.3, -0.25) is 9.59 Å². The summed E-state index contributed by atoms with van der Waals surface area (Å²) in [4.78, 5) is 26.3. The van der Waals surface area contributed by atoms with Gasteiger partial charge in [0.1, 0.15) is 0 Å². The summed E-state index contributed by atoms with van der Waals surface area (Å²) in [5, 5.41) is 0. The molecule has 23 heavy (non-hydrogen) atoms. The second-order valence-corrected chi connectivity index (χ2v) is 6.27. The SMILES string of the molecule is C[CH-]CC(=O)O[C@H](CC1CCCCC1)C(=O)N1CCOCC1.[Y]. The Bertz CT molecular complexity index is 366. The molecule has 0 bridgehead atoms. The maximum absolute atomic E-state index is 12.7. The molecule has 1 aliphatic carbocycles. The van der Waals surface area contributed by atoms with Gasteiger partial charge < -0.3 is 20.8 Å². The molecular weight excluding hydrogens is 371 g/mol. The molecule has 0 aromatic heterocycles. The fourth-order valence-corrected chi connectivity index (χ4v) is 3.29. The molecule has 2 rings (SSSR count). The Balaban J connectivity index is 0.00000264. The van der Waals surface area contributed by atoms with Crippen molar-refractivity contribution in [1.29, 1.82) is 0 Å². The van der Waals surface area contributed by atoms with Crippen molar-refractivity contribution < 1.29 is 51.8 Å². The molecular formula is C17H28NO4Y-. The first-order valence-corrected chi connectivity index (χ1v) is 8.54. The third-order valence-electron chi connectivity index (χ3n) is 4.51. The molecule has 129 valence electrons. The Morgan fingerprint density at radius 3 is 2.48 bits per heavy atom. The van der Waals surface area contributed by atoms with Crippen molar-refractivity contribution in [1.82, 2.24) is 4.90 Å². The topological polar surface area (TPSA) is 55.8 Å². The van der Waals surface area contributed by atoms with E-state index in [-0.39, 0.29) is 51.0 Å². The van der Waals surface area contributed by atoms with Crippen LogP contribution in [0.3, 0.4) is 0 Å². The Hall–Kier alpha value is 0.00390. The van der Waals surface area contributed by atoms with Gasteiger partial charge in [-0.15, -0.1) is 0 Å². The van der Waals surface area contributed by atoms with Crippen LogP contribution in [0.2, 0.25) is 0 Å². The molecule has 0 N–H and O–H groups in total. The van der Waals surface area contributed by atoms with E-state index in [4.69, 9.17) is 9.47 Å². The second-order valence-electron chi connectivity index (χ2n) is 6.27. The molecule has 1 atom stereocenters. The molecule has 0 spiro atoms. The van der Waals surface area contributed by atoms with Crippen LogP contribution in [-0.2, 0) is 51.8 Å². The zero-order chi connectivity index (χ0) is 15.8. The van der Waals surface area contributed by atoms with Gasteiger partial charge in [-0.05, 0) is 12.3 Å². The van der Waals surface area contributed by atoms with Gasteiger partial charge in [-0.2, -0.15) is 6.92 Å². The van der Waals surface area contributed by atoms with E-state index < -0.39 is 6.10 Å². The number of morpholine rings is 1. The third kappa shape index (κ3) is 7.19. The van der Waals surface area contributed by atoms with Crippen LogP contribution in [0.1, 0.15) is 51.9 Å². The van der Waals surface area contributed by atoms with Crippen LogP contribution >= 0.6 is 0 Å². The van der Waals surface area contributed by atoms with Crippen LogP contribution in [0.4, 0.5) is 0 Å². The van der Waals surface area contributed by atoms with Crippen LogP contribution < -0.4 is 0 Å². The minimum atomic E-state index is -0.617. The second kappa shape index (κ2) is 11.5. The molecule has 6 heteroatoms. The van der Waals surface area contributed by atoms with Gasteiger partial charge in [-0.25, -0.2) is 0 Å². The van der Waals surface area contributed by atoms with E-state index in [0.29, 0.717) is 38.6 Å². The minimum Gasteiger partial charge on any atom is -0.454 e. The average molecular weight is 399 g/mol. The quantitative estimate of drug-likeness (QED) is 0.508. The number of esters is 1. The number of rotatable bonds is 6. The smallest absolute Gasteiger partial charge is 0.276 e. The minimum absolute atomic E-state index is 0. The summed E-state index contributed by atoms with van der Waals surface area (Å²) in [6.07, 6.45) is 8.09. The summed E-state index contributed by atoms with van der Waals surface area (Å²) < 4.78 is 10.8. The maximum atomic E-state index is 12.7. The Kier molecular flexibility index (Phi) is 10.6. The predicted molar refractivity (Wildman–Crippen MR) is 83.1 cm³/mol. The molecule has 2 fully saturated rings.